The van der Waals surface area contributed by atoms with E-state index in [0.717, 1.165) is 0 Å². The van der Waals surface area contributed by atoms with Crippen molar-refractivity contribution in [3.8, 4) is 0 Å². The maximum atomic E-state index is 12.1. The van der Waals surface area contributed by atoms with Crippen LogP contribution in [0.1, 0.15) is 40.0 Å². The molecule has 0 bridgehead atoms. The van der Waals surface area contributed by atoms with Crippen LogP contribution in [0.25, 0.3) is 0 Å². The molecular formula is C13H22N2O5. The molecule has 1 saturated heterocycles. The van der Waals surface area contributed by atoms with E-state index < -0.39 is 35.5 Å². The molecule has 0 radical (unpaired) electrons. The van der Waals surface area contributed by atoms with Gasteiger partial charge in [-0.3, -0.25) is 9.59 Å². The molecule has 1 aliphatic heterocycles. The first-order valence-corrected chi connectivity index (χ1v) is 6.62. The van der Waals surface area contributed by atoms with Crippen molar-refractivity contribution in [2.45, 2.75) is 57.7 Å². The number of carbonyl (C=O) groups is 3. The molecule has 3 N–H and O–H groups in total. The largest absolute Gasteiger partial charge is 0.480 e. The third-order valence-electron chi connectivity index (χ3n) is 2.94. The zero-order chi connectivity index (χ0) is 15.5. The number of esters is 1. The molecule has 0 aromatic carbocycles. The molecule has 0 saturated carbocycles. The fourth-order valence-corrected chi connectivity index (χ4v) is 2.15. The number of nitrogens with two attached hydrogens (primary N) is 1. The van der Waals surface area contributed by atoms with Crippen LogP contribution in [0.15, 0.2) is 0 Å². The number of likely N-dealkylation sites (tertiary alicyclic amines) is 1. The van der Waals surface area contributed by atoms with Gasteiger partial charge in [0.2, 0.25) is 5.91 Å². The summed E-state index contributed by atoms with van der Waals surface area (Å²) in [5.41, 5.74) is 5.05. The number of hydrogen-bond acceptors (Lipinski definition) is 5. The molecule has 114 valence electrons. The SMILES string of the molecule is CC(C)(C)OC(=O)CC(N)C(=O)N1CCC[C@H]1C(=O)O. The number of hydrogen-bond donors (Lipinski definition) is 2. The Labute approximate surface area is 118 Å². The number of aliphatic carboxylic acids is 1. The number of nitrogens with zero attached hydrogens (tertiary/aromatic N) is 1. The summed E-state index contributed by atoms with van der Waals surface area (Å²) in [6.45, 7) is 5.52. The van der Waals surface area contributed by atoms with E-state index in [1.54, 1.807) is 20.8 Å². The Hall–Kier alpha value is -1.63. The lowest BCUT2D eigenvalue weighted by molar-refractivity contribution is -0.157. The average molecular weight is 286 g/mol. The lowest BCUT2D eigenvalue weighted by atomic mass is 10.1. The van der Waals surface area contributed by atoms with Crippen molar-refractivity contribution in [3.05, 3.63) is 0 Å². The molecule has 1 amide bonds. The quantitative estimate of drug-likeness (QED) is 0.710. The van der Waals surface area contributed by atoms with Gasteiger partial charge in [0.15, 0.2) is 0 Å². The van der Waals surface area contributed by atoms with Crippen molar-refractivity contribution in [3.63, 3.8) is 0 Å². The Morgan fingerprint density at radius 2 is 2.00 bits per heavy atom. The van der Waals surface area contributed by atoms with E-state index in [1.807, 2.05) is 0 Å². The molecule has 7 nitrogen and oxygen atoms in total. The maximum Gasteiger partial charge on any atom is 0.326 e. The number of ether oxygens (including phenoxy) is 1. The second-order valence-corrected chi connectivity index (χ2v) is 5.92. The summed E-state index contributed by atoms with van der Waals surface area (Å²) in [7, 11) is 0. The highest BCUT2D eigenvalue weighted by molar-refractivity contribution is 5.90. The normalized spacial score (nSPS) is 20.6. The summed E-state index contributed by atoms with van der Waals surface area (Å²) in [6, 6.07) is -1.91. The van der Waals surface area contributed by atoms with Gasteiger partial charge in [-0.15, -0.1) is 0 Å². The minimum Gasteiger partial charge on any atom is -0.480 e. The van der Waals surface area contributed by atoms with Crippen molar-refractivity contribution in [2.75, 3.05) is 6.54 Å². The molecule has 7 heteroatoms. The highest BCUT2D eigenvalue weighted by Crippen LogP contribution is 2.19. The van der Waals surface area contributed by atoms with E-state index in [-0.39, 0.29) is 6.42 Å². The highest BCUT2D eigenvalue weighted by atomic mass is 16.6. The van der Waals surface area contributed by atoms with Crippen LogP contribution in [0.2, 0.25) is 0 Å². The minimum absolute atomic E-state index is 0.251. The van der Waals surface area contributed by atoms with Gasteiger partial charge in [-0.05, 0) is 33.6 Å². The molecule has 1 aliphatic rings. The summed E-state index contributed by atoms with van der Waals surface area (Å²) >= 11 is 0. The molecule has 1 fully saturated rings. The molecule has 0 aromatic heterocycles. The Balaban J connectivity index is 2.59. The van der Waals surface area contributed by atoms with Crippen LogP contribution in [0.5, 0.6) is 0 Å². The number of carbonyl (C=O) groups excluding carboxylic acids is 2. The molecule has 0 aliphatic carbocycles. The first-order valence-electron chi connectivity index (χ1n) is 6.62. The van der Waals surface area contributed by atoms with E-state index in [9.17, 15) is 14.4 Å². The smallest absolute Gasteiger partial charge is 0.326 e. The topological polar surface area (TPSA) is 110 Å². The zero-order valence-corrected chi connectivity index (χ0v) is 12.1. The Kier molecular flexibility index (Phi) is 5.10. The molecule has 20 heavy (non-hydrogen) atoms. The molecule has 1 rings (SSSR count). The van der Waals surface area contributed by atoms with Gasteiger partial charge in [0.05, 0.1) is 12.5 Å². The zero-order valence-electron chi connectivity index (χ0n) is 12.1. The number of rotatable bonds is 4. The van der Waals surface area contributed by atoms with E-state index in [4.69, 9.17) is 15.6 Å². The summed E-state index contributed by atoms with van der Waals surface area (Å²) < 4.78 is 5.09. The van der Waals surface area contributed by atoms with Gasteiger partial charge in [0, 0.05) is 6.54 Å². The second-order valence-electron chi connectivity index (χ2n) is 5.92. The second kappa shape index (κ2) is 6.21. The predicted molar refractivity (Wildman–Crippen MR) is 70.8 cm³/mol. The fourth-order valence-electron chi connectivity index (χ4n) is 2.15. The van der Waals surface area contributed by atoms with Crippen LogP contribution >= 0.6 is 0 Å². The molecule has 0 spiro atoms. The lowest BCUT2D eigenvalue weighted by Crippen LogP contribution is -2.49. The number of carboxylic acid groups (broad SMARTS) is 1. The van der Waals surface area contributed by atoms with Crippen molar-refractivity contribution in [1.82, 2.24) is 4.90 Å². The molecule has 1 heterocycles. The summed E-state index contributed by atoms with van der Waals surface area (Å²) in [5, 5.41) is 9.02. The first kappa shape index (κ1) is 16.4. The van der Waals surface area contributed by atoms with Gasteiger partial charge >= 0.3 is 11.9 Å². The maximum absolute atomic E-state index is 12.1. The molecular weight excluding hydrogens is 264 g/mol. The van der Waals surface area contributed by atoms with Crippen molar-refractivity contribution < 1.29 is 24.2 Å². The standard InChI is InChI=1S/C13H22N2O5/c1-13(2,3)20-10(16)7-8(14)11(17)15-6-4-5-9(15)12(18)19/h8-9H,4-7,14H2,1-3H3,(H,18,19)/t8?,9-/m0/s1. The Morgan fingerprint density at radius 1 is 1.40 bits per heavy atom. The number of amides is 1. The van der Waals surface area contributed by atoms with Crippen LogP contribution in [0.4, 0.5) is 0 Å². The van der Waals surface area contributed by atoms with E-state index >= 15 is 0 Å². The van der Waals surface area contributed by atoms with Gasteiger partial charge in [0.1, 0.15) is 11.6 Å². The van der Waals surface area contributed by atoms with E-state index in [0.29, 0.717) is 19.4 Å². The van der Waals surface area contributed by atoms with E-state index in [2.05, 4.69) is 0 Å². The van der Waals surface area contributed by atoms with Gasteiger partial charge < -0.3 is 20.5 Å². The lowest BCUT2D eigenvalue weighted by Gasteiger charge is -2.25. The molecule has 1 unspecified atom stereocenters. The minimum atomic E-state index is -1.07. The van der Waals surface area contributed by atoms with Crippen molar-refractivity contribution in [1.29, 1.82) is 0 Å². The van der Waals surface area contributed by atoms with E-state index in [1.165, 1.54) is 4.90 Å². The summed E-state index contributed by atoms with van der Waals surface area (Å²) in [5.74, 6) is -2.12. The van der Waals surface area contributed by atoms with Crippen LogP contribution in [0.3, 0.4) is 0 Å². The third kappa shape index (κ3) is 4.48. The predicted octanol–water partition coefficient (Wildman–Crippen LogP) is 0.121. The highest BCUT2D eigenvalue weighted by Gasteiger charge is 2.36. The third-order valence-corrected chi connectivity index (χ3v) is 2.94. The van der Waals surface area contributed by atoms with Crippen LogP contribution in [0, 0.1) is 0 Å². The Bertz CT molecular complexity index is 402. The Morgan fingerprint density at radius 3 is 2.50 bits per heavy atom. The van der Waals surface area contributed by atoms with Crippen LogP contribution in [-0.2, 0) is 19.1 Å². The van der Waals surface area contributed by atoms with Gasteiger partial charge in [-0.25, -0.2) is 4.79 Å². The van der Waals surface area contributed by atoms with Crippen molar-refractivity contribution >= 4 is 17.8 Å². The van der Waals surface area contributed by atoms with Gasteiger partial charge in [-0.2, -0.15) is 0 Å². The van der Waals surface area contributed by atoms with Gasteiger partial charge in [-0.1, -0.05) is 0 Å². The van der Waals surface area contributed by atoms with Crippen LogP contribution in [-0.4, -0.2) is 52.1 Å². The average Bonchev–Trinajstić information content (AvgIpc) is 2.73. The van der Waals surface area contributed by atoms with Crippen molar-refractivity contribution in [2.24, 2.45) is 5.73 Å². The summed E-state index contributed by atoms with van der Waals surface area (Å²) in [6.07, 6.45) is 0.793. The van der Waals surface area contributed by atoms with Gasteiger partial charge in [0.25, 0.3) is 0 Å². The molecule has 2 atom stereocenters. The summed E-state index contributed by atoms with van der Waals surface area (Å²) in [4.78, 5) is 36.0. The number of carboxylic acids is 1. The van der Waals surface area contributed by atoms with Crippen LogP contribution < -0.4 is 5.73 Å². The first-order chi connectivity index (χ1) is 9.11. The molecule has 0 aromatic rings. The monoisotopic (exact) mass is 286 g/mol. The fraction of sp³-hybridized carbons (Fsp3) is 0.769.